The highest BCUT2D eigenvalue weighted by atomic mass is 16.3. The molecule has 8 rings (SSSR count). The zero-order chi connectivity index (χ0) is 25.4. The zero-order valence-electron chi connectivity index (χ0n) is 21.2. The van der Waals surface area contributed by atoms with Gasteiger partial charge in [0.15, 0.2) is 0 Å². The van der Waals surface area contributed by atoms with Crippen LogP contribution in [0.1, 0.15) is 11.1 Å². The van der Waals surface area contributed by atoms with Gasteiger partial charge in [0, 0.05) is 21.9 Å². The highest BCUT2D eigenvalue weighted by Gasteiger charge is 2.14. The molecule has 38 heavy (non-hydrogen) atoms. The van der Waals surface area contributed by atoms with Gasteiger partial charge >= 0.3 is 0 Å². The van der Waals surface area contributed by atoms with Gasteiger partial charge in [-0.1, -0.05) is 96.1 Å². The summed E-state index contributed by atoms with van der Waals surface area (Å²) in [6.45, 7) is 4.20. The number of furan rings is 2. The Kier molecular flexibility index (Phi) is 4.39. The summed E-state index contributed by atoms with van der Waals surface area (Å²) in [5.74, 6) is 1.80. The Morgan fingerprint density at radius 1 is 0.342 bits per heavy atom. The first kappa shape index (κ1) is 21.3. The van der Waals surface area contributed by atoms with Crippen LogP contribution >= 0.6 is 0 Å². The maximum Gasteiger partial charge on any atom is 0.135 e. The summed E-state index contributed by atoms with van der Waals surface area (Å²) in [6.07, 6.45) is 0. The second-order valence-electron chi connectivity index (χ2n) is 10.3. The summed E-state index contributed by atoms with van der Waals surface area (Å²) in [4.78, 5) is 0. The minimum Gasteiger partial charge on any atom is -0.456 e. The van der Waals surface area contributed by atoms with E-state index < -0.39 is 0 Å². The molecular weight excluding hydrogens is 464 g/mol. The van der Waals surface area contributed by atoms with Gasteiger partial charge in [-0.15, -0.1) is 0 Å². The van der Waals surface area contributed by atoms with Crippen LogP contribution in [0.15, 0.2) is 118 Å². The predicted molar refractivity (Wildman–Crippen MR) is 159 cm³/mol. The van der Waals surface area contributed by atoms with Crippen molar-refractivity contribution in [3.63, 3.8) is 0 Å². The Morgan fingerprint density at radius 2 is 0.658 bits per heavy atom. The van der Waals surface area contributed by atoms with E-state index in [0.717, 1.165) is 44.6 Å². The van der Waals surface area contributed by atoms with Gasteiger partial charge in [-0.2, -0.15) is 0 Å². The molecule has 0 unspecified atom stereocenters. The predicted octanol–water partition coefficient (Wildman–Crippen LogP) is 10.6. The number of hydrogen-bond acceptors (Lipinski definition) is 2. The molecule has 0 bridgehead atoms. The molecule has 0 aliphatic heterocycles. The van der Waals surface area contributed by atoms with Crippen molar-refractivity contribution in [3.05, 3.63) is 120 Å². The van der Waals surface area contributed by atoms with Crippen molar-refractivity contribution in [2.75, 3.05) is 0 Å². The van der Waals surface area contributed by atoms with Crippen molar-refractivity contribution < 1.29 is 8.83 Å². The van der Waals surface area contributed by atoms with E-state index >= 15 is 0 Å². The molecule has 2 heteroatoms. The molecule has 0 spiro atoms. The lowest BCUT2D eigenvalue weighted by Crippen LogP contribution is -1.82. The largest absolute Gasteiger partial charge is 0.456 e. The van der Waals surface area contributed by atoms with Crippen LogP contribution in [0.3, 0.4) is 0 Å². The second kappa shape index (κ2) is 7.84. The van der Waals surface area contributed by atoms with Crippen LogP contribution in [0.4, 0.5) is 0 Å². The molecule has 6 aromatic carbocycles. The minimum absolute atomic E-state index is 0.901. The molecule has 0 radical (unpaired) electrons. The minimum atomic E-state index is 0.901. The van der Waals surface area contributed by atoms with Crippen molar-refractivity contribution in [2.24, 2.45) is 0 Å². The highest BCUT2D eigenvalue weighted by Crippen LogP contribution is 2.40. The van der Waals surface area contributed by atoms with E-state index in [1.54, 1.807) is 0 Å². The van der Waals surface area contributed by atoms with Gasteiger partial charge in [0.1, 0.15) is 22.7 Å². The zero-order valence-corrected chi connectivity index (χ0v) is 21.2. The third-order valence-electron chi connectivity index (χ3n) is 7.86. The summed E-state index contributed by atoms with van der Waals surface area (Å²) in [5, 5.41) is 9.68. The van der Waals surface area contributed by atoms with Crippen molar-refractivity contribution in [2.45, 2.75) is 13.8 Å². The molecule has 2 nitrogen and oxygen atoms in total. The van der Waals surface area contributed by atoms with Gasteiger partial charge in [-0.3, -0.25) is 0 Å². The van der Waals surface area contributed by atoms with Crippen LogP contribution in [0.2, 0.25) is 0 Å². The third kappa shape index (κ3) is 3.13. The Hall–Kier alpha value is -4.82. The Morgan fingerprint density at radius 3 is 1.03 bits per heavy atom. The topological polar surface area (TPSA) is 26.3 Å². The summed E-state index contributed by atoms with van der Waals surface area (Å²) in [7, 11) is 0. The number of rotatable bonds is 2. The van der Waals surface area contributed by atoms with Crippen molar-refractivity contribution in [3.8, 4) is 22.6 Å². The van der Waals surface area contributed by atoms with E-state index in [1.807, 2.05) is 0 Å². The molecule has 180 valence electrons. The number of benzene rings is 6. The SMILES string of the molecule is Cc1ccc(-c2cc3c(ccc4c3ccc3c5ccc6oc(-c7ccc(C)cc7)cc6c5ccc43)o2)cc1. The summed E-state index contributed by atoms with van der Waals surface area (Å²) in [5.41, 5.74) is 6.51. The van der Waals surface area contributed by atoms with Gasteiger partial charge in [-0.25, -0.2) is 0 Å². The summed E-state index contributed by atoms with van der Waals surface area (Å²) in [6, 6.07) is 38.9. The third-order valence-corrected chi connectivity index (χ3v) is 7.86. The first-order chi connectivity index (χ1) is 18.6. The molecule has 0 aliphatic rings. The second-order valence-corrected chi connectivity index (χ2v) is 10.3. The van der Waals surface area contributed by atoms with Crippen molar-refractivity contribution >= 4 is 54.3 Å². The molecule has 2 heterocycles. The Bertz CT molecular complexity index is 2010. The lowest BCUT2D eigenvalue weighted by atomic mass is 9.94. The fourth-order valence-corrected chi connectivity index (χ4v) is 5.80. The average Bonchev–Trinajstić information content (AvgIpc) is 3.58. The van der Waals surface area contributed by atoms with E-state index in [9.17, 15) is 0 Å². The van der Waals surface area contributed by atoms with Gasteiger partial charge < -0.3 is 8.83 Å². The standard InChI is InChI=1S/C36H24O2/c1-21-3-7-23(8-4-21)35-19-31-29-13-11-26-25(27(29)15-17-33(31)37-35)12-14-30-28(26)16-18-34-32(30)20-36(38-34)24-9-5-22(2)6-10-24/h3-20H,1-2H3. The Labute approximate surface area is 219 Å². The molecule has 2 aromatic heterocycles. The summed E-state index contributed by atoms with van der Waals surface area (Å²) >= 11 is 0. The van der Waals surface area contributed by atoms with E-state index in [1.165, 1.54) is 43.4 Å². The number of fused-ring (bicyclic) bond motifs is 9. The van der Waals surface area contributed by atoms with Crippen molar-refractivity contribution in [1.82, 2.24) is 0 Å². The normalized spacial score (nSPS) is 11.9. The quantitative estimate of drug-likeness (QED) is 0.226. The lowest BCUT2D eigenvalue weighted by molar-refractivity contribution is 0.631. The molecule has 0 atom stereocenters. The van der Waals surface area contributed by atoms with Gasteiger partial charge in [-0.05, 0) is 70.4 Å². The van der Waals surface area contributed by atoms with Crippen LogP contribution in [-0.4, -0.2) is 0 Å². The maximum atomic E-state index is 6.27. The van der Waals surface area contributed by atoms with Crippen LogP contribution < -0.4 is 0 Å². The Balaban J connectivity index is 1.32. The fraction of sp³-hybridized carbons (Fsp3) is 0.0556. The number of aryl methyl sites for hydroxylation is 2. The van der Waals surface area contributed by atoms with Crippen LogP contribution in [0, 0.1) is 13.8 Å². The lowest BCUT2D eigenvalue weighted by Gasteiger charge is -2.08. The van der Waals surface area contributed by atoms with E-state index in [-0.39, 0.29) is 0 Å². The average molecular weight is 489 g/mol. The van der Waals surface area contributed by atoms with E-state index in [2.05, 4.69) is 123 Å². The van der Waals surface area contributed by atoms with Crippen LogP contribution in [0.25, 0.3) is 76.9 Å². The monoisotopic (exact) mass is 488 g/mol. The first-order valence-electron chi connectivity index (χ1n) is 13.0. The maximum absolute atomic E-state index is 6.27. The van der Waals surface area contributed by atoms with Crippen molar-refractivity contribution in [1.29, 1.82) is 0 Å². The molecule has 8 aromatic rings. The molecule has 0 saturated heterocycles. The van der Waals surface area contributed by atoms with E-state index in [0.29, 0.717) is 0 Å². The van der Waals surface area contributed by atoms with Gasteiger partial charge in [0.25, 0.3) is 0 Å². The van der Waals surface area contributed by atoms with Crippen LogP contribution in [-0.2, 0) is 0 Å². The van der Waals surface area contributed by atoms with Gasteiger partial charge in [0.05, 0.1) is 0 Å². The number of hydrogen-bond donors (Lipinski definition) is 0. The molecule has 0 N–H and O–H groups in total. The first-order valence-corrected chi connectivity index (χ1v) is 13.0. The molecule has 0 saturated carbocycles. The summed E-state index contributed by atoms with van der Waals surface area (Å²) < 4.78 is 12.5. The smallest absolute Gasteiger partial charge is 0.135 e. The highest BCUT2D eigenvalue weighted by molar-refractivity contribution is 6.24. The van der Waals surface area contributed by atoms with Gasteiger partial charge in [0.2, 0.25) is 0 Å². The van der Waals surface area contributed by atoms with Crippen LogP contribution in [0.5, 0.6) is 0 Å². The molecule has 0 aliphatic carbocycles. The molecule has 0 fully saturated rings. The van der Waals surface area contributed by atoms with E-state index in [4.69, 9.17) is 8.83 Å². The fourth-order valence-electron chi connectivity index (χ4n) is 5.80. The molecular formula is C36H24O2. The molecule has 0 amide bonds.